The molecule has 1 aromatic rings. The first-order chi connectivity index (χ1) is 7.05. The van der Waals surface area contributed by atoms with Gasteiger partial charge in [0, 0.05) is 23.8 Å². The molecular weight excluding hydrogens is 191 g/mol. The van der Waals surface area contributed by atoms with E-state index in [1.54, 1.807) is 12.1 Å². The Balaban J connectivity index is 1.96. The summed E-state index contributed by atoms with van der Waals surface area (Å²) in [6.07, 6.45) is 1.09. The molecule has 1 unspecified atom stereocenters. The molecule has 0 bridgehead atoms. The van der Waals surface area contributed by atoms with Crippen molar-refractivity contribution in [1.29, 1.82) is 0 Å². The smallest absolute Gasteiger partial charge is 0.123 e. The summed E-state index contributed by atoms with van der Waals surface area (Å²) < 4.78 is 12.7. The molecule has 0 amide bonds. The first-order valence-electron chi connectivity index (χ1n) is 5.32. The van der Waals surface area contributed by atoms with Crippen LogP contribution in [0.5, 0.6) is 0 Å². The van der Waals surface area contributed by atoms with E-state index in [0.29, 0.717) is 6.04 Å². The highest BCUT2D eigenvalue weighted by Crippen LogP contribution is 2.21. The second kappa shape index (κ2) is 3.81. The lowest BCUT2D eigenvalue weighted by molar-refractivity contribution is 0.457. The minimum Gasteiger partial charge on any atom is -0.381 e. The van der Waals surface area contributed by atoms with Crippen LogP contribution < -0.4 is 10.6 Å². The maximum atomic E-state index is 12.7. The number of hydrogen-bond donors (Lipinski definition) is 2. The molecule has 1 aromatic carbocycles. The van der Waals surface area contributed by atoms with Crippen molar-refractivity contribution in [2.24, 2.45) is 0 Å². The van der Waals surface area contributed by atoms with E-state index in [9.17, 15) is 4.39 Å². The van der Waals surface area contributed by atoms with Gasteiger partial charge < -0.3 is 10.6 Å². The predicted octanol–water partition coefficient (Wildman–Crippen LogP) is 2.38. The predicted molar refractivity (Wildman–Crippen MR) is 60.5 cm³/mol. The second-order valence-corrected chi connectivity index (χ2v) is 4.82. The Morgan fingerprint density at radius 3 is 2.53 bits per heavy atom. The molecule has 1 saturated heterocycles. The second-order valence-electron chi connectivity index (χ2n) is 4.82. The molecule has 2 nitrogen and oxygen atoms in total. The van der Waals surface area contributed by atoms with Crippen LogP contribution >= 0.6 is 0 Å². The average Bonchev–Trinajstić information content (AvgIpc) is 2.50. The summed E-state index contributed by atoms with van der Waals surface area (Å²) in [5, 5.41) is 6.84. The SMILES string of the molecule is CC1(C)CC(Nc2ccc(F)cc2)CN1. The van der Waals surface area contributed by atoms with Crippen LogP contribution in [0.1, 0.15) is 20.3 Å². The molecule has 2 N–H and O–H groups in total. The van der Waals surface area contributed by atoms with Gasteiger partial charge >= 0.3 is 0 Å². The first-order valence-corrected chi connectivity index (χ1v) is 5.32. The van der Waals surface area contributed by atoms with Crippen molar-refractivity contribution in [3.05, 3.63) is 30.1 Å². The third kappa shape index (κ3) is 2.69. The molecule has 15 heavy (non-hydrogen) atoms. The normalized spacial score (nSPS) is 24.1. The molecule has 1 aliphatic rings. The number of nitrogens with one attached hydrogen (secondary N) is 2. The van der Waals surface area contributed by atoms with Crippen molar-refractivity contribution >= 4 is 5.69 Å². The maximum Gasteiger partial charge on any atom is 0.123 e. The van der Waals surface area contributed by atoms with Gasteiger partial charge in [0.05, 0.1) is 0 Å². The van der Waals surface area contributed by atoms with E-state index >= 15 is 0 Å². The van der Waals surface area contributed by atoms with Gasteiger partial charge in [0.25, 0.3) is 0 Å². The Morgan fingerprint density at radius 1 is 1.33 bits per heavy atom. The molecule has 0 spiro atoms. The lowest BCUT2D eigenvalue weighted by Crippen LogP contribution is -2.31. The number of hydrogen-bond acceptors (Lipinski definition) is 2. The van der Waals surface area contributed by atoms with E-state index < -0.39 is 0 Å². The zero-order valence-electron chi connectivity index (χ0n) is 9.18. The highest BCUT2D eigenvalue weighted by Gasteiger charge is 2.29. The molecule has 0 radical (unpaired) electrons. The number of rotatable bonds is 2. The summed E-state index contributed by atoms with van der Waals surface area (Å²) in [6, 6.07) is 6.96. The minimum absolute atomic E-state index is 0.189. The van der Waals surface area contributed by atoms with Crippen molar-refractivity contribution in [3.8, 4) is 0 Å². The van der Waals surface area contributed by atoms with Crippen molar-refractivity contribution in [2.75, 3.05) is 11.9 Å². The minimum atomic E-state index is -0.189. The van der Waals surface area contributed by atoms with Gasteiger partial charge in [0.1, 0.15) is 5.82 Å². The van der Waals surface area contributed by atoms with Gasteiger partial charge in [0.2, 0.25) is 0 Å². The lowest BCUT2D eigenvalue weighted by Gasteiger charge is -2.18. The summed E-state index contributed by atoms with van der Waals surface area (Å²) in [5.41, 5.74) is 1.19. The van der Waals surface area contributed by atoms with Gasteiger partial charge in [0.15, 0.2) is 0 Å². The Kier molecular flexibility index (Phi) is 2.65. The lowest BCUT2D eigenvalue weighted by atomic mass is 10.0. The molecule has 1 atom stereocenters. The van der Waals surface area contributed by atoms with Crippen LogP contribution in [0.4, 0.5) is 10.1 Å². The van der Waals surface area contributed by atoms with E-state index in [-0.39, 0.29) is 11.4 Å². The molecular formula is C12H17FN2. The molecule has 1 aliphatic heterocycles. The monoisotopic (exact) mass is 208 g/mol. The number of benzene rings is 1. The number of halogens is 1. The highest BCUT2D eigenvalue weighted by molar-refractivity contribution is 5.44. The zero-order chi connectivity index (χ0) is 10.9. The van der Waals surface area contributed by atoms with E-state index in [0.717, 1.165) is 18.7 Å². The summed E-state index contributed by atoms with van der Waals surface area (Å²) in [7, 11) is 0. The zero-order valence-corrected chi connectivity index (χ0v) is 9.18. The van der Waals surface area contributed by atoms with E-state index in [4.69, 9.17) is 0 Å². The van der Waals surface area contributed by atoms with Crippen LogP contribution in [0.15, 0.2) is 24.3 Å². The topological polar surface area (TPSA) is 24.1 Å². The summed E-state index contributed by atoms with van der Waals surface area (Å²) >= 11 is 0. The Morgan fingerprint density at radius 2 is 2.00 bits per heavy atom. The summed E-state index contributed by atoms with van der Waals surface area (Å²) in [6.45, 7) is 5.35. The largest absolute Gasteiger partial charge is 0.381 e. The Bertz CT molecular complexity index is 332. The van der Waals surface area contributed by atoms with Gasteiger partial charge in [-0.15, -0.1) is 0 Å². The van der Waals surface area contributed by atoms with Gasteiger partial charge in [-0.3, -0.25) is 0 Å². The fraction of sp³-hybridized carbons (Fsp3) is 0.500. The molecule has 82 valence electrons. The first kappa shape index (κ1) is 10.4. The van der Waals surface area contributed by atoms with Crippen molar-refractivity contribution in [1.82, 2.24) is 5.32 Å². The van der Waals surface area contributed by atoms with Gasteiger partial charge in [-0.25, -0.2) is 4.39 Å². The van der Waals surface area contributed by atoms with Gasteiger partial charge in [-0.2, -0.15) is 0 Å². The molecule has 3 heteroatoms. The van der Waals surface area contributed by atoms with E-state index in [2.05, 4.69) is 24.5 Å². The van der Waals surface area contributed by atoms with Crippen molar-refractivity contribution in [3.63, 3.8) is 0 Å². The van der Waals surface area contributed by atoms with Crippen LogP contribution in [0.3, 0.4) is 0 Å². The quantitative estimate of drug-likeness (QED) is 0.779. The fourth-order valence-corrected chi connectivity index (χ4v) is 2.04. The summed E-state index contributed by atoms with van der Waals surface area (Å²) in [4.78, 5) is 0. The summed E-state index contributed by atoms with van der Waals surface area (Å²) in [5.74, 6) is -0.189. The maximum absolute atomic E-state index is 12.7. The highest BCUT2D eigenvalue weighted by atomic mass is 19.1. The van der Waals surface area contributed by atoms with E-state index in [1.807, 2.05) is 0 Å². The van der Waals surface area contributed by atoms with Crippen LogP contribution in [0.25, 0.3) is 0 Å². The molecule has 0 aromatic heterocycles. The van der Waals surface area contributed by atoms with Gasteiger partial charge in [-0.05, 0) is 44.5 Å². The van der Waals surface area contributed by atoms with Crippen LogP contribution in [0.2, 0.25) is 0 Å². The Labute approximate surface area is 89.9 Å². The van der Waals surface area contributed by atoms with Crippen LogP contribution in [0, 0.1) is 5.82 Å². The molecule has 1 heterocycles. The van der Waals surface area contributed by atoms with E-state index in [1.165, 1.54) is 12.1 Å². The third-order valence-corrected chi connectivity index (χ3v) is 2.80. The average molecular weight is 208 g/mol. The third-order valence-electron chi connectivity index (χ3n) is 2.80. The standard InChI is InChI=1S/C12H17FN2/c1-12(2)7-11(8-14-12)15-10-5-3-9(13)4-6-10/h3-6,11,14-15H,7-8H2,1-2H3. The van der Waals surface area contributed by atoms with Gasteiger partial charge in [-0.1, -0.05) is 0 Å². The van der Waals surface area contributed by atoms with Crippen molar-refractivity contribution in [2.45, 2.75) is 31.8 Å². The fourth-order valence-electron chi connectivity index (χ4n) is 2.04. The van der Waals surface area contributed by atoms with Crippen LogP contribution in [-0.4, -0.2) is 18.1 Å². The number of anilines is 1. The van der Waals surface area contributed by atoms with Crippen LogP contribution in [-0.2, 0) is 0 Å². The molecule has 0 saturated carbocycles. The molecule has 2 rings (SSSR count). The Hall–Kier alpha value is -1.09. The molecule has 1 fully saturated rings. The van der Waals surface area contributed by atoms with Crippen molar-refractivity contribution < 1.29 is 4.39 Å². The molecule has 0 aliphatic carbocycles.